The second kappa shape index (κ2) is 29.1. The third-order valence-electron chi connectivity index (χ3n) is 12.3. The first kappa shape index (κ1) is 59.1. The average Bonchev–Trinajstić information content (AvgIpc) is 3.61. The predicted octanol–water partition coefficient (Wildman–Crippen LogP) is 3.83. The molecule has 0 spiro atoms. The van der Waals surface area contributed by atoms with Gasteiger partial charge in [0, 0.05) is 58.6 Å². The highest BCUT2D eigenvalue weighted by atomic mass is 16.6. The minimum atomic E-state index is -1.08. The molecule has 0 aliphatic carbocycles. The number of nitrogens with two attached hydrogens (primary N) is 1. The van der Waals surface area contributed by atoms with Crippen molar-refractivity contribution in [1.29, 1.82) is 0 Å². The van der Waals surface area contributed by atoms with Crippen LogP contribution in [0.2, 0.25) is 0 Å². The Morgan fingerprint density at radius 3 is 1.87 bits per heavy atom. The molecule has 1 aliphatic heterocycles. The zero-order valence-electron chi connectivity index (χ0n) is 42.7. The molecule has 69 heavy (non-hydrogen) atoms. The van der Waals surface area contributed by atoms with Gasteiger partial charge in [-0.3, -0.25) is 43.4 Å². The number of primary amides is 1. The predicted molar refractivity (Wildman–Crippen MR) is 261 cm³/mol. The number of amides is 10. The first-order valence-corrected chi connectivity index (χ1v) is 24.0. The van der Waals surface area contributed by atoms with E-state index < -0.39 is 54.0 Å². The molecule has 0 saturated carbocycles. The summed E-state index contributed by atoms with van der Waals surface area (Å²) in [5, 5.41) is 13.7. The monoisotopic (exact) mass is 970 g/mol. The number of nitrogens with zero attached hydrogens (tertiary/aromatic N) is 3. The molecule has 0 fully saturated rings. The Labute approximate surface area is 407 Å². The number of nitrogens with one attached hydrogen (secondary N) is 5. The third kappa shape index (κ3) is 18.8. The van der Waals surface area contributed by atoms with Gasteiger partial charge in [0.15, 0.2) is 0 Å². The topological polar surface area (TPSA) is 268 Å². The quantitative estimate of drug-likeness (QED) is 0.0496. The van der Waals surface area contributed by atoms with E-state index in [0.29, 0.717) is 30.5 Å². The van der Waals surface area contributed by atoms with E-state index in [1.165, 1.54) is 24.1 Å². The summed E-state index contributed by atoms with van der Waals surface area (Å²) < 4.78 is 11.2. The van der Waals surface area contributed by atoms with Crippen LogP contribution in [0.1, 0.15) is 113 Å². The molecule has 1 aliphatic rings. The summed E-state index contributed by atoms with van der Waals surface area (Å²) in [4.78, 5) is 120. The number of urea groups is 1. The van der Waals surface area contributed by atoms with Gasteiger partial charge in [-0.15, -0.1) is 0 Å². The van der Waals surface area contributed by atoms with Crippen LogP contribution in [0.25, 0.3) is 0 Å². The van der Waals surface area contributed by atoms with Gasteiger partial charge in [-0.2, -0.15) is 0 Å². The Morgan fingerprint density at radius 2 is 1.33 bits per heavy atom. The number of hydrogen-bond donors (Lipinski definition) is 6. The van der Waals surface area contributed by atoms with Crippen LogP contribution in [0.5, 0.6) is 0 Å². The number of imide groups is 1. The van der Waals surface area contributed by atoms with Gasteiger partial charge in [0.1, 0.15) is 30.8 Å². The fourth-order valence-electron chi connectivity index (χ4n) is 8.07. The second-order valence-corrected chi connectivity index (χ2v) is 18.8. The van der Waals surface area contributed by atoms with Gasteiger partial charge in [0.25, 0.3) is 11.8 Å². The van der Waals surface area contributed by atoms with Crippen molar-refractivity contribution in [2.24, 2.45) is 29.4 Å². The molecule has 10 amide bonds. The Bertz CT molecular complexity index is 1910. The number of ether oxygens (including phenoxy) is 2. The molecule has 7 N–H and O–H groups in total. The molecule has 7 atom stereocenters. The molecule has 20 nitrogen and oxygen atoms in total. The van der Waals surface area contributed by atoms with Crippen LogP contribution in [0.3, 0.4) is 0 Å². The van der Waals surface area contributed by atoms with Crippen molar-refractivity contribution in [2.45, 2.75) is 150 Å². The minimum Gasteiger partial charge on any atom is -0.445 e. The zero-order chi connectivity index (χ0) is 52.1. The molecular formula is C49H79N9O11. The summed E-state index contributed by atoms with van der Waals surface area (Å²) in [7, 11) is 4.79. The number of hydrogen-bond acceptors (Lipinski definition) is 11. The van der Waals surface area contributed by atoms with E-state index in [1.54, 1.807) is 71.0 Å². The molecule has 0 radical (unpaired) electrons. The fourth-order valence-corrected chi connectivity index (χ4v) is 8.07. The Hall–Kier alpha value is -6.05. The number of rotatable bonds is 29. The highest BCUT2D eigenvalue weighted by Crippen LogP contribution is 2.22. The first-order chi connectivity index (χ1) is 32.4. The summed E-state index contributed by atoms with van der Waals surface area (Å²) in [6.45, 7) is 17.1. The molecule has 0 aromatic heterocycles. The smallest absolute Gasteiger partial charge is 0.410 e. The maximum Gasteiger partial charge on any atom is 0.410 e. The number of likely N-dealkylation sites (N-methyl/N-ethyl adjacent to an activating group) is 2. The normalized spacial score (nSPS) is 15.4. The van der Waals surface area contributed by atoms with Crippen LogP contribution in [-0.4, -0.2) is 139 Å². The lowest BCUT2D eigenvalue weighted by atomic mass is 9.92. The molecule has 386 valence electrons. The lowest BCUT2D eigenvalue weighted by Gasteiger charge is -2.39. The Balaban J connectivity index is 2.07. The fraction of sp³-hybridized carbons (Fsp3) is 0.653. The number of carbonyl (C=O) groups is 9. The van der Waals surface area contributed by atoms with E-state index in [0.717, 1.165) is 11.3 Å². The van der Waals surface area contributed by atoms with Crippen molar-refractivity contribution >= 4 is 59.2 Å². The molecule has 0 saturated heterocycles. The lowest BCUT2D eigenvalue weighted by Crippen LogP contribution is -2.59. The second-order valence-electron chi connectivity index (χ2n) is 18.8. The van der Waals surface area contributed by atoms with Crippen LogP contribution in [-0.2, 0) is 49.6 Å². The molecule has 1 heterocycles. The number of unbranched alkanes of at least 4 members (excludes halogenated alkanes) is 2. The van der Waals surface area contributed by atoms with Crippen molar-refractivity contribution in [3.05, 3.63) is 42.0 Å². The van der Waals surface area contributed by atoms with E-state index in [1.807, 2.05) is 27.7 Å². The summed E-state index contributed by atoms with van der Waals surface area (Å²) in [6.07, 6.45) is 4.32. The van der Waals surface area contributed by atoms with Crippen molar-refractivity contribution in [1.82, 2.24) is 36.0 Å². The molecular weight excluding hydrogens is 891 g/mol. The van der Waals surface area contributed by atoms with E-state index in [2.05, 4.69) is 33.5 Å². The van der Waals surface area contributed by atoms with Gasteiger partial charge in [0.05, 0.1) is 12.1 Å². The first-order valence-electron chi connectivity index (χ1n) is 24.0. The standard InChI is InChI=1S/C49H79N9O11/c1-13-32(8)43(33(9)68-12)56(10)47(65)41(30(4)5)55-46(64)42(31(6)7)57(11)49(67)69-28-34-20-22-35(23-21-34)52-44(62)36(18-17-26-51-48(50)66)53-45(63)40(29(2)3)54-37(59)19-15-14-16-27-58-38(60)24-25-39(58)61/h20-25,29-33,36,40-43H,13-19,26-28H2,1-12H3,(H,52,62)(H,53,63)(H,54,59)(H,55,64)(H3,50,51,66)/t32-,33+,36-,40-,41-,42-,43-/m0/s1. The Morgan fingerprint density at radius 1 is 0.725 bits per heavy atom. The van der Waals surface area contributed by atoms with E-state index in [-0.39, 0.29) is 98.4 Å². The van der Waals surface area contributed by atoms with Crippen LogP contribution in [0, 0.1) is 23.7 Å². The van der Waals surface area contributed by atoms with Crippen molar-refractivity contribution in [3.63, 3.8) is 0 Å². The number of methoxy groups -OCH3 is 1. The van der Waals surface area contributed by atoms with Crippen LogP contribution < -0.4 is 32.3 Å². The van der Waals surface area contributed by atoms with Gasteiger partial charge < -0.3 is 46.7 Å². The largest absolute Gasteiger partial charge is 0.445 e. The molecule has 2 rings (SSSR count). The highest BCUT2D eigenvalue weighted by molar-refractivity contribution is 6.12. The molecule has 1 aromatic carbocycles. The molecule has 1 aromatic rings. The molecule has 0 unspecified atom stereocenters. The summed E-state index contributed by atoms with van der Waals surface area (Å²) in [5.41, 5.74) is 6.14. The maximum atomic E-state index is 13.9. The van der Waals surface area contributed by atoms with E-state index in [4.69, 9.17) is 15.2 Å². The molecule has 20 heteroatoms. The van der Waals surface area contributed by atoms with Crippen LogP contribution >= 0.6 is 0 Å². The van der Waals surface area contributed by atoms with Gasteiger partial charge >= 0.3 is 12.1 Å². The van der Waals surface area contributed by atoms with Crippen molar-refractivity contribution in [2.75, 3.05) is 39.6 Å². The lowest BCUT2D eigenvalue weighted by molar-refractivity contribution is -0.143. The van der Waals surface area contributed by atoms with Gasteiger partial charge in [0.2, 0.25) is 29.5 Å². The van der Waals surface area contributed by atoms with E-state index >= 15 is 0 Å². The van der Waals surface area contributed by atoms with Crippen LogP contribution in [0.15, 0.2) is 36.4 Å². The number of benzene rings is 1. The molecule has 0 bridgehead atoms. The highest BCUT2D eigenvalue weighted by Gasteiger charge is 2.38. The summed E-state index contributed by atoms with van der Waals surface area (Å²) >= 11 is 0. The SMILES string of the molecule is CC[C@H](C)[C@@H]([C@@H](C)OC)N(C)C(=O)[C@@H](NC(=O)[C@H](C(C)C)N(C)C(=O)OCc1ccc(NC(=O)[C@H](CCCNC(N)=O)NC(=O)[C@@H](NC(=O)CCCCCN2C(=O)C=CC2=O)C(C)C)cc1)C(C)C. The summed E-state index contributed by atoms with van der Waals surface area (Å²) in [6, 6.07) is 1.62. The van der Waals surface area contributed by atoms with Gasteiger partial charge in [-0.25, -0.2) is 9.59 Å². The zero-order valence-corrected chi connectivity index (χ0v) is 42.7. The maximum absolute atomic E-state index is 13.9. The minimum absolute atomic E-state index is 0.107. The Kier molecular flexibility index (Phi) is 24.9. The summed E-state index contributed by atoms with van der Waals surface area (Å²) in [5.74, 6) is -3.81. The van der Waals surface area contributed by atoms with Gasteiger partial charge in [-0.05, 0) is 74.0 Å². The van der Waals surface area contributed by atoms with E-state index in [9.17, 15) is 43.2 Å². The van der Waals surface area contributed by atoms with Crippen LogP contribution in [0.4, 0.5) is 15.3 Å². The van der Waals surface area contributed by atoms with Gasteiger partial charge in [-0.1, -0.05) is 80.4 Å². The third-order valence-corrected chi connectivity index (χ3v) is 12.3. The van der Waals surface area contributed by atoms with Crippen molar-refractivity contribution < 1.29 is 52.6 Å². The number of anilines is 1. The average molecular weight is 970 g/mol. The number of carbonyl (C=O) groups excluding carboxylic acids is 9. The van der Waals surface area contributed by atoms with Crippen molar-refractivity contribution in [3.8, 4) is 0 Å².